The van der Waals surface area contributed by atoms with Crippen molar-refractivity contribution in [3.63, 3.8) is 0 Å². The van der Waals surface area contributed by atoms with Gasteiger partial charge in [0.2, 0.25) is 0 Å². The molecule has 7 nitrogen and oxygen atoms in total. The van der Waals surface area contributed by atoms with Crippen molar-refractivity contribution in [2.24, 2.45) is 0 Å². The minimum Gasteiger partial charge on any atom is -0.486 e. The van der Waals surface area contributed by atoms with Crippen molar-refractivity contribution in [3.8, 4) is 11.5 Å². The molecule has 0 saturated carbocycles. The Kier molecular flexibility index (Phi) is 4.11. The number of carbonyl (C=O) groups is 1. The first-order valence-electron chi connectivity index (χ1n) is 7.97. The lowest BCUT2D eigenvalue weighted by atomic mass is 10.2. The average Bonchev–Trinajstić information content (AvgIpc) is 3.04. The molecule has 0 atom stereocenters. The summed E-state index contributed by atoms with van der Waals surface area (Å²) < 4.78 is 39.0. The average molecular weight is 395 g/mol. The number of fused-ring (bicyclic) bond motifs is 2. The monoisotopic (exact) mass is 394 g/mol. The van der Waals surface area contributed by atoms with E-state index < -0.39 is 17.0 Å². The maximum Gasteiger partial charge on any atom is 0.364 e. The van der Waals surface area contributed by atoms with E-state index >= 15 is 0 Å². The first kappa shape index (κ1) is 17.5. The molecular weight excluding hydrogens is 382 g/mol. The van der Waals surface area contributed by atoms with Crippen LogP contribution >= 0.6 is 11.6 Å². The molecule has 0 aliphatic carbocycles. The van der Waals surface area contributed by atoms with Gasteiger partial charge in [0.25, 0.3) is 5.91 Å². The molecule has 3 heterocycles. The predicted molar refractivity (Wildman–Crippen MR) is 92.9 cm³/mol. The van der Waals surface area contributed by atoms with Crippen molar-refractivity contribution in [2.75, 3.05) is 18.5 Å². The smallest absolute Gasteiger partial charge is 0.364 e. The Morgan fingerprint density at radius 3 is 2.70 bits per heavy atom. The Morgan fingerprint density at radius 2 is 1.96 bits per heavy atom. The topological polar surface area (TPSA) is 77.8 Å². The number of aryl methyl sites for hydroxylation is 1. The van der Waals surface area contributed by atoms with Crippen LogP contribution in [0.4, 0.5) is 14.5 Å². The summed E-state index contributed by atoms with van der Waals surface area (Å²) in [5.74, 6) is 0.509. The Bertz CT molecular complexity index is 1050. The summed E-state index contributed by atoms with van der Waals surface area (Å²) in [6, 6.07) is 7.36. The quantitative estimate of drug-likeness (QED) is 0.689. The number of rotatable bonds is 3. The third kappa shape index (κ3) is 3.37. The van der Waals surface area contributed by atoms with Crippen molar-refractivity contribution in [1.82, 2.24) is 14.6 Å². The summed E-state index contributed by atoms with van der Waals surface area (Å²) in [5, 5.41) is 2.92. The van der Waals surface area contributed by atoms with E-state index in [1.54, 1.807) is 25.1 Å². The number of nitrogens with one attached hydrogen (secondary N) is 1. The highest BCUT2D eigenvalue weighted by Crippen LogP contribution is 2.34. The molecule has 3 aromatic rings. The molecule has 4 rings (SSSR count). The number of nitrogens with zero attached hydrogens (tertiary/aromatic N) is 3. The normalized spacial score (nSPS) is 13.6. The summed E-state index contributed by atoms with van der Waals surface area (Å²) in [5.41, 5.74) is 0.234. The van der Waals surface area contributed by atoms with Crippen LogP contribution in [0, 0.1) is 6.92 Å². The number of ether oxygens (including phenoxy) is 2. The largest absolute Gasteiger partial charge is 0.486 e. The second kappa shape index (κ2) is 6.34. The molecular formula is C17H13ClF2N4O3. The zero-order chi connectivity index (χ0) is 19.2. The van der Waals surface area contributed by atoms with Gasteiger partial charge in [-0.3, -0.25) is 4.79 Å². The number of hydrogen-bond acceptors (Lipinski definition) is 5. The number of halogens is 3. The molecule has 1 aliphatic heterocycles. The van der Waals surface area contributed by atoms with Gasteiger partial charge >= 0.3 is 5.38 Å². The molecule has 0 saturated heterocycles. The van der Waals surface area contributed by atoms with Gasteiger partial charge in [-0.15, -0.1) is 0 Å². The maximum absolute atomic E-state index is 13.6. The molecule has 2 aromatic heterocycles. The van der Waals surface area contributed by atoms with Crippen LogP contribution in [0.15, 0.2) is 30.3 Å². The summed E-state index contributed by atoms with van der Waals surface area (Å²) >= 11 is 5.15. The van der Waals surface area contributed by atoms with E-state index in [1.165, 1.54) is 6.07 Å². The summed E-state index contributed by atoms with van der Waals surface area (Å²) in [7, 11) is 0. The number of carbonyl (C=O) groups excluding carboxylic acids is 1. The minimum absolute atomic E-state index is 0.0786. The summed E-state index contributed by atoms with van der Waals surface area (Å²) in [4.78, 5) is 16.6. The lowest BCUT2D eigenvalue weighted by Gasteiger charge is -2.18. The van der Waals surface area contributed by atoms with Crippen molar-refractivity contribution in [3.05, 3.63) is 47.4 Å². The molecule has 0 unspecified atom stereocenters. The summed E-state index contributed by atoms with van der Waals surface area (Å²) in [6.07, 6.45) is 0. The highest BCUT2D eigenvalue weighted by molar-refractivity contribution is 6.21. The first-order chi connectivity index (χ1) is 12.8. The van der Waals surface area contributed by atoms with E-state index in [0.717, 1.165) is 10.6 Å². The lowest BCUT2D eigenvalue weighted by molar-refractivity contribution is 0.0868. The molecule has 1 amide bonds. The first-order valence-corrected chi connectivity index (χ1v) is 8.35. The van der Waals surface area contributed by atoms with Crippen molar-refractivity contribution in [2.45, 2.75) is 12.3 Å². The molecule has 0 spiro atoms. The Balaban J connectivity index is 1.65. The highest BCUT2D eigenvalue weighted by atomic mass is 35.5. The number of amides is 1. The number of alkyl halides is 3. The second-order valence-electron chi connectivity index (χ2n) is 5.89. The van der Waals surface area contributed by atoms with E-state index in [1.807, 2.05) is 0 Å². The molecule has 27 heavy (non-hydrogen) atoms. The van der Waals surface area contributed by atoms with Gasteiger partial charge in [0.05, 0.1) is 0 Å². The molecule has 1 aliphatic rings. The Morgan fingerprint density at radius 1 is 1.22 bits per heavy atom. The van der Waals surface area contributed by atoms with Gasteiger partial charge in [-0.25, -0.2) is 9.50 Å². The van der Waals surface area contributed by atoms with Crippen molar-refractivity contribution < 1.29 is 23.0 Å². The van der Waals surface area contributed by atoms with Crippen LogP contribution in [0.1, 0.15) is 21.9 Å². The van der Waals surface area contributed by atoms with E-state index in [4.69, 9.17) is 21.1 Å². The second-order valence-corrected chi connectivity index (χ2v) is 6.37. The van der Waals surface area contributed by atoms with E-state index in [-0.39, 0.29) is 11.3 Å². The highest BCUT2D eigenvalue weighted by Gasteiger charge is 2.32. The number of anilines is 1. The maximum atomic E-state index is 13.6. The van der Waals surface area contributed by atoms with Gasteiger partial charge in [0, 0.05) is 23.5 Å². The van der Waals surface area contributed by atoms with E-state index in [2.05, 4.69) is 15.4 Å². The lowest BCUT2D eigenvalue weighted by Crippen LogP contribution is -2.17. The minimum atomic E-state index is -3.65. The number of benzene rings is 1. The third-order valence-electron chi connectivity index (χ3n) is 3.88. The van der Waals surface area contributed by atoms with Crippen LogP contribution in [0.2, 0.25) is 0 Å². The van der Waals surface area contributed by atoms with Crippen LogP contribution in [-0.4, -0.2) is 33.7 Å². The van der Waals surface area contributed by atoms with Gasteiger partial charge in [-0.1, -0.05) is 0 Å². The van der Waals surface area contributed by atoms with Crippen LogP contribution in [0.25, 0.3) is 5.65 Å². The van der Waals surface area contributed by atoms with Gasteiger partial charge < -0.3 is 14.8 Å². The van der Waals surface area contributed by atoms with E-state index in [9.17, 15) is 13.6 Å². The summed E-state index contributed by atoms with van der Waals surface area (Å²) in [6.45, 7) is 2.42. The zero-order valence-corrected chi connectivity index (χ0v) is 14.8. The van der Waals surface area contributed by atoms with Crippen LogP contribution in [0.3, 0.4) is 0 Å². The molecule has 1 N–H and O–H groups in total. The third-order valence-corrected chi connectivity index (χ3v) is 4.07. The molecule has 0 radical (unpaired) electrons. The Hall–Kier alpha value is -2.94. The van der Waals surface area contributed by atoms with Crippen LogP contribution < -0.4 is 14.8 Å². The van der Waals surface area contributed by atoms with Gasteiger partial charge in [0.15, 0.2) is 22.8 Å². The van der Waals surface area contributed by atoms with Gasteiger partial charge in [0.1, 0.15) is 18.9 Å². The van der Waals surface area contributed by atoms with Crippen LogP contribution in [0.5, 0.6) is 11.5 Å². The van der Waals surface area contributed by atoms with Crippen molar-refractivity contribution in [1.29, 1.82) is 0 Å². The molecule has 140 valence electrons. The van der Waals surface area contributed by atoms with E-state index in [0.29, 0.717) is 36.1 Å². The fourth-order valence-electron chi connectivity index (χ4n) is 2.73. The molecule has 10 heteroatoms. The van der Waals surface area contributed by atoms with Crippen LogP contribution in [-0.2, 0) is 5.38 Å². The fourth-order valence-corrected chi connectivity index (χ4v) is 2.86. The predicted octanol–water partition coefficient (Wildman–Crippen LogP) is 3.35. The number of hydrogen-bond donors (Lipinski definition) is 1. The molecule has 1 aromatic carbocycles. The SMILES string of the molecule is Cc1cc(C(F)(F)Cl)n2nc(C(=O)Nc3ccc4c(c3)OCCO4)cc2n1. The standard InChI is InChI=1S/C17H13ClF2N4O3/c1-9-6-14(17(18,19)20)24-15(21-9)8-11(23-24)16(25)22-10-2-3-12-13(7-10)27-5-4-26-12/h2-3,6-8H,4-5H2,1H3,(H,22,25). The van der Waals surface area contributed by atoms with Gasteiger partial charge in [-0.05, 0) is 36.7 Å². The molecule has 0 fully saturated rings. The molecule has 0 bridgehead atoms. The van der Waals surface area contributed by atoms with Gasteiger partial charge in [-0.2, -0.15) is 13.9 Å². The Labute approximate surface area is 156 Å². The zero-order valence-electron chi connectivity index (χ0n) is 14.0. The number of aromatic nitrogens is 3. The fraction of sp³-hybridized carbons (Fsp3) is 0.235. The van der Waals surface area contributed by atoms with Crippen molar-refractivity contribution >= 4 is 28.8 Å².